The van der Waals surface area contributed by atoms with E-state index in [1.807, 2.05) is 6.08 Å². The quantitative estimate of drug-likeness (QED) is 0.424. The summed E-state index contributed by atoms with van der Waals surface area (Å²) < 4.78 is 0. The van der Waals surface area contributed by atoms with E-state index >= 15 is 0 Å². The van der Waals surface area contributed by atoms with Crippen molar-refractivity contribution in [2.75, 3.05) is 0 Å². The molecule has 0 spiro atoms. The third kappa shape index (κ3) is 4.08. The molecule has 1 rings (SSSR count). The van der Waals surface area contributed by atoms with E-state index in [0.29, 0.717) is 5.92 Å². The van der Waals surface area contributed by atoms with Crippen LogP contribution in [0.2, 0.25) is 0 Å². The molecule has 0 bridgehead atoms. The first-order valence-electron chi connectivity index (χ1n) is 4.94. The number of carboxylic acid groups (broad SMARTS) is 1. The van der Waals surface area contributed by atoms with Crippen LogP contribution >= 0.6 is 0 Å². The van der Waals surface area contributed by atoms with Gasteiger partial charge in [-0.2, -0.15) is 0 Å². The molecule has 0 aromatic carbocycles. The van der Waals surface area contributed by atoms with Crippen molar-refractivity contribution in [3.8, 4) is 0 Å². The van der Waals surface area contributed by atoms with Crippen LogP contribution in [0.4, 0.5) is 0 Å². The van der Waals surface area contributed by atoms with E-state index in [4.69, 9.17) is 5.11 Å². The number of hydrogen-bond acceptors (Lipinski definition) is 1. The average molecular weight is 192 g/mol. The van der Waals surface area contributed by atoms with Crippen LogP contribution in [0, 0.1) is 5.92 Å². The molecule has 1 aliphatic carbocycles. The normalized spacial score (nSPS) is 22.9. The van der Waals surface area contributed by atoms with Gasteiger partial charge in [0.2, 0.25) is 0 Å². The molecule has 0 aliphatic heterocycles. The molecule has 0 aromatic heterocycles. The van der Waals surface area contributed by atoms with Crippen molar-refractivity contribution in [3.63, 3.8) is 0 Å². The van der Waals surface area contributed by atoms with Crippen LogP contribution in [0.1, 0.15) is 26.2 Å². The summed E-state index contributed by atoms with van der Waals surface area (Å²) in [5, 5.41) is 8.50. The van der Waals surface area contributed by atoms with Crippen molar-refractivity contribution in [3.05, 3.63) is 36.0 Å². The molecular formula is C12H16O2. The summed E-state index contributed by atoms with van der Waals surface area (Å²) in [5.41, 5.74) is 0.788. The van der Waals surface area contributed by atoms with Crippen molar-refractivity contribution in [1.82, 2.24) is 0 Å². The Hall–Kier alpha value is -1.31. The molecule has 1 atom stereocenters. The largest absolute Gasteiger partial charge is 0.478 e. The van der Waals surface area contributed by atoms with Crippen molar-refractivity contribution in [1.29, 1.82) is 0 Å². The smallest absolute Gasteiger partial charge is 0.328 e. The van der Waals surface area contributed by atoms with Gasteiger partial charge in [0.05, 0.1) is 0 Å². The van der Waals surface area contributed by atoms with Crippen LogP contribution in [-0.2, 0) is 4.79 Å². The molecule has 1 N–H and O–H groups in total. The van der Waals surface area contributed by atoms with Crippen molar-refractivity contribution >= 4 is 5.97 Å². The molecule has 2 nitrogen and oxygen atoms in total. The van der Waals surface area contributed by atoms with Gasteiger partial charge in [-0.25, -0.2) is 4.79 Å². The molecular weight excluding hydrogens is 176 g/mol. The average Bonchev–Trinajstić information content (AvgIpc) is 2.15. The fraction of sp³-hybridized carbons (Fsp3) is 0.417. The molecule has 0 radical (unpaired) electrons. The second-order valence-electron chi connectivity index (χ2n) is 3.61. The molecule has 2 heteroatoms. The highest BCUT2D eigenvalue weighted by Gasteiger charge is 2.03. The Kier molecular flexibility index (Phi) is 4.17. The molecule has 0 fully saturated rings. The summed E-state index contributed by atoms with van der Waals surface area (Å²) in [7, 11) is 0. The Morgan fingerprint density at radius 3 is 2.93 bits per heavy atom. The Morgan fingerprint density at radius 1 is 1.57 bits per heavy atom. The number of allylic oxidation sites excluding steroid dienone is 5. The molecule has 76 valence electrons. The third-order valence-electron chi connectivity index (χ3n) is 2.25. The zero-order chi connectivity index (χ0) is 10.4. The lowest BCUT2D eigenvalue weighted by Crippen LogP contribution is -1.96. The highest BCUT2D eigenvalue weighted by molar-refractivity contribution is 5.81. The van der Waals surface area contributed by atoms with E-state index in [1.54, 1.807) is 6.92 Å². The van der Waals surface area contributed by atoms with Crippen LogP contribution in [0.3, 0.4) is 0 Å². The highest BCUT2D eigenvalue weighted by atomic mass is 16.4. The lowest BCUT2D eigenvalue weighted by molar-refractivity contribution is -0.131. The summed E-state index contributed by atoms with van der Waals surface area (Å²) >= 11 is 0. The van der Waals surface area contributed by atoms with E-state index < -0.39 is 5.97 Å². The first kappa shape index (κ1) is 10.8. The topological polar surface area (TPSA) is 37.3 Å². The Balaban J connectivity index is 2.50. The molecule has 0 aromatic rings. The van der Waals surface area contributed by atoms with E-state index in [2.05, 4.69) is 18.2 Å². The number of carboxylic acids is 1. The van der Waals surface area contributed by atoms with Gasteiger partial charge in [-0.1, -0.05) is 24.3 Å². The summed E-state index contributed by atoms with van der Waals surface area (Å²) in [5.74, 6) is -0.396. The summed E-state index contributed by atoms with van der Waals surface area (Å²) in [4.78, 5) is 10.3. The monoisotopic (exact) mass is 192 g/mol. The molecule has 0 heterocycles. The number of carbonyl (C=O) groups is 1. The predicted octanol–water partition coefficient (Wildman–Crippen LogP) is 2.93. The van der Waals surface area contributed by atoms with Crippen molar-refractivity contribution in [2.45, 2.75) is 26.2 Å². The van der Waals surface area contributed by atoms with Crippen LogP contribution in [0.15, 0.2) is 36.0 Å². The Labute approximate surface area is 84.6 Å². The van der Waals surface area contributed by atoms with Gasteiger partial charge >= 0.3 is 5.97 Å². The molecule has 0 saturated carbocycles. The SMILES string of the molecule is CC(C=CC1C=CCCC1)=CC(=O)O. The van der Waals surface area contributed by atoms with Crippen molar-refractivity contribution in [2.24, 2.45) is 5.92 Å². The maximum Gasteiger partial charge on any atom is 0.328 e. The first-order chi connectivity index (χ1) is 6.68. The van der Waals surface area contributed by atoms with E-state index in [-0.39, 0.29) is 0 Å². The second kappa shape index (κ2) is 5.43. The lowest BCUT2D eigenvalue weighted by atomic mass is 9.95. The molecule has 14 heavy (non-hydrogen) atoms. The van der Waals surface area contributed by atoms with Gasteiger partial charge in [0.25, 0.3) is 0 Å². The predicted molar refractivity (Wildman–Crippen MR) is 57.0 cm³/mol. The minimum atomic E-state index is -0.883. The third-order valence-corrected chi connectivity index (χ3v) is 2.25. The van der Waals surface area contributed by atoms with Gasteiger partial charge in [-0.3, -0.25) is 0 Å². The second-order valence-corrected chi connectivity index (χ2v) is 3.61. The summed E-state index contributed by atoms with van der Waals surface area (Å²) in [6.07, 6.45) is 13.1. The van der Waals surface area contributed by atoms with E-state index in [9.17, 15) is 4.79 Å². The first-order valence-corrected chi connectivity index (χ1v) is 4.94. The van der Waals surface area contributed by atoms with Gasteiger partial charge in [0.15, 0.2) is 0 Å². The standard InChI is InChI=1S/C12H16O2/c1-10(9-12(13)14)7-8-11-5-3-2-4-6-11/h3,5,7-9,11H,2,4,6H2,1H3,(H,13,14). The number of hydrogen-bond donors (Lipinski definition) is 1. The van der Waals surface area contributed by atoms with Crippen LogP contribution in [0.25, 0.3) is 0 Å². The van der Waals surface area contributed by atoms with Gasteiger partial charge in [0, 0.05) is 6.08 Å². The zero-order valence-corrected chi connectivity index (χ0v) is 8.44. The number of aliphatic carboxylic acids is 1. The maximum atomic E-state index is 10.3. The van der Waals surface area contributed by atoms with Gasteiger partial charge in [-0.05, 0) is 37.7 Å². The van der Waals surface area contributed by atoms with Crippen LogP contribution in [-0.4, -0.2) is 11.1 Å². The van der Waals surface area contributed by atoms with Gasteiger partial charge in [0.1, 0.15) is 0 Å². The van der Waals surface area contributed by atoms with Crippen LogP contribution in [0.5, 0.6) is 0 Å². The van der Waals surface area contributed by atoms with Crippen LogP contribution < -0.4 is 0 Å². The molecule has 0 saturated heterocycles. The van der Waals surface area contributed by atoms with Crippen molar-refractivity contribution < 1.29 is 9.90 Å². The zero-order valence-electron chi connectivity index (χ0n) is 8.44. The fourth-order valence-corrected chi connectivity index (χ4v) is 1.52. The summed E-state index contributed by atoms with van der Waals surface area (Å²) in [6, 6.07) is 0. The molecule has 1 unspecified atom stereocenters. The van der Waals surface area contributed by atoms with E-state index in [0.717, 1.165) is 5.57 Å². The highest BCUT2D eigenvalue weighted by Crippen LogP contribution is 2.18. The maximum absolute atomic E-state index is 10.3. The van der Waals surface area contributed by atoms with E-state index in [1.165, 1.54) is 25.3 Å². The molecule has 1 aliphatic rings. The van der Waals surface area contributed by atoms with Gasteiger partial charge in [-0.15, -0.1) is 0 Å². The summed E-state index contributed by atoms with van der Waals surface area (Å²) in [6.45, 7) is 1.80. The fourth-order valence-electron chi connectivity index (χ4n) is 1.52. The number of rotatable bonds is 3. The Morgan fingerprint density at radius 2 is 2.36 bits per heavy atom. The molecule has 0 amide bonds. The van der Waals surface area contributed by atoms with Gasteiger partial charge < -0.3 is 5.11 Å². The minimum absolute atomic E-state index is 0.487. The Bertz CT molecular complexity index is 285. The lowest BCUT2D eigenvalue weighted by Gasteiger charge is -2.11. The minimum Gasteiger partial charge on any atom is -0.478 e.